The minimum atomic E-state index is -0.909. The quantitative estimate of drug-likeness (QED) is 0.395. The van der Waals surface area contributed by atoms with Gasteiger partial charge in [0.05, 0.1) is 25.4 Å². The highest BCUT2D eigenvalue weighted by atomic mass is 19.1. The van der Waals surface area contributed by atoms with Crippen molar-refractivity contribution in [3.05, 3.63) is 35.8 Å². The number of guanidine groups is 1. The molecule has 2 aromatic rings. The molecular formula is C21H32FN5O2. The highest BCUT2D eigenvalue weighted by molar-refractivity contribution is 5.83. The summed E-state index contributed by atoms with van der Waals surface area (Å²) in [5.41, 5.74) is 1.08. The summed E-state index contributed by atoms with van der Waals surface area (Å²) in [6.45, 7) is 9.17. The number of fused-ring (bicyclic) bond motifs is 1. The predicted molar refractivity (Wildman–Crippen MR) is 114 cm³/mol. The van der Waals surface area contributed by atoms with Crippen LogP contribution >= 0.6 is 0 Å². The first kappa shape index (κ1) is 21.5. The molecule has 3 rings (SSSR count). The predicted octanol–water partition coefficient (Wildman–Crippen LogP) is 1.49. The van der Waals surface area contributed by atoms with E-state index in [2.05, 4.69) is 25.5 Å². The molecule has 0 aliphatic carbocycles. The first-order chi connectivity index (χ1) is 14.0. The lowest BCUT2D eigenvalue weighted by Crippen LogP contribution is -2.48. The van der Waals surface area contributed by atoms with Gasteiger partial charge in [-0.1, -0.05) is 0 Å². The summed E-state index contributed by atoms with van der Waals surface area (Å²) in [4.78, 5) is 9.94. The van der Waals surface area contributed by atoms with E-state index in [-0.39, 0.29) is 5.82 Å². The van der Waals surface area contributed by atoms with E-state index < -0.39 is 5.60 Å². The number of halogens is 1. The molecule has 8 heteroatoms. The zero-order valence-electron chi connectivity index (χ0n) is 17.3. The molecule has 1 aromatic heterocycles. The third kappa shape index (κ3) is 6.42. The molecule has 1 aromatic carbocycles. The van der Waals surface area contributed by atoms with Crippen LogP contribution < -0.4 is 10.6 Å². The summed E-state index contributed by atoms with van der Waals surface area (Å²) in [5, 5.41) is 18.1. The normalized spacial score (nSPS) is 18.0. The summed E-state index contributed by atoms with van der Waals surface area (Å²) in [7, 11) is 0. The molecule has 160 valence electrons. The highest BCUT2D eigenvalue weighted by Gasteiger charge is 2.25. The van der Waals surface area contributed by atoms with Crippen molar-refractivity contribution in [1.29, 1.82) is 0 Å². The lowest BCUT2D eigenvalue weighted by Gasteiger charge is -2.33. The van der Waals surface area contributed by atoms with Crippen molar-refractivity contribution in [1.82, 2.24) is 20.5 Å². The molecule has 1 fully saturated rings. The van der Waals surface area contributed by atoms with Gasteiger partial charge >= 0.3 is 0 Å². The SMILES string of the molecule is CCNC(=NCC(C)(O)CN1CCOCC1)NCCc1c[nH]c2ccc(F)cc12. The average Bonchev–Trinajstić information content (AvgIpc) is 3.09. The Labute approximate surface area is 171 Å². The van der Waals surface area contributed by atoms with Gasteiger partial charge in [-0.3, -0.25) is 9.89 Å². The molecule has 0 radical (unpaired) electrons. The Morgan fingerprint density at radius 1 is 1.34 bits per heavy atom. The van der Waals surface area contributed by atoms with Crippen LogP contribution in [0.5, 0.6) is 0 Å². The number of benzene rings is 1. The number of morpholine rings is 1. The molecule has 0 saturated carbocycles. The van der Waals surface area contributed by atoms with Crippen molar-refractivity contribution in [2.75, 3.05) is 52.5 Å². The summed E-state index contributed by atoms with van der Waals surface area (Å²) < 4.78 is 18.9. The number of hydrogen-bond acceptors (Lipinski definition) is 4. The minimum Gasteiger partial charge on any atom is -0.387 e. The van der Waals surface area contributed by atoms with E-state index in [0.717, 1.165) is 42.5 Å². The Balaban J connectivity index is 1.53. The topological polar surface area (TPSA) is 84.9 Å². The largest absolute Gasteiger partial charge is 0.387 e. The number of aliphatic hydroxyl groups is 1. The van der Waals surface area contributed by atoms with Crippen molar-refractivity contribution < 1.29 is 14.2 Å². The Morgan fingerprint density at radius 3 is 2.90 bits per heavy atom. The maximum Gasteiger partial charge on any atom is 0.191 e. The van der Waals surface area contributed by atoms with Gasteiger partial charge in [0.1, 0.15) is 5.82 Å². The molecule has 1 atom stereocenters. The number of nitrogens with zero attached hydrogens (tertiary/aromatic N) is 2. The molecule has 0 amide bonds. The number of rotatable bonds is 8. The second-order valence-corrected chi connectivity index (χ2v) is 7.76. The lowest BCUT2D eigenvalue weighted by molar-refractivity contribution is -0.0179. The Kier molecular flexibility index (Phi) is 7.46. The molecule has 1 aliphatic rings. The van der Waals surface area contributed by atoms with Crippen molar-refractivity contribution in [2.45, 2.75) is 25.9 Å². The number of aromatic amines is 1. The fourth-order valence-electron chi connectivity index (χ4n) is 3.56. The van der Waals surface area contributed by atoms with Crippen LogP contribution in [0, 0.1) is 5.82 Å². The Morgan fingerprint density at radius 2 is 2.14 bits per heavy atom. The van der Waals surface area contributed by atoms with Gasteiger partial charge in [-0.05, 0) is 44.0 Å². The zero-order valence-corrected chi connectivity index (χ0v) is 17.3. The van der Waals surface area contributed by atoms with Gasteiger partial charge in [0.25, 0.3) is 0 Å². The van der Waals surface area contributed by atoms with Gasteiger partial charge in [0, 0.05) is 49.8 Å². The second-order valence-electron chi connectivity index (χ2n) is 7.76. The summed E-state index contributed by atoms with van der Waals surface area (Å²) >= 11 is 0. The minimum absolute atomic E-state index is 0.233. The Bertz CT molecular complexity index is 815. The second kappa shape index (κ2) is 10.0. The third-order valence-electron chi connectivity index (χ3n) is 5.01. The number of hydrogen-bond donors (Lipinski definition) is 4. The third-order valence-corrected chi connectivity index (χ3v) is 5.01. The highest BCUT2D eigenvalue weighted by Crippen LogP contribution is 2.19. The Hall–Kier alpha value is -2.16. The summed E-state index contributed by atoms with van der Waals surface area (Å²) in [5.74, 6) is 0.435. The molecule has 2 heterocycles. The van der Waals surface area contributed by atoms with Gasteiger partial charge in [-0.25, -0.2) is 4.39 Å². The van der Waals surface area contributed by atoms with E-state index in [0.29, 0.717) is 38.8 Å². The standard InChI is InChI=1S/C21H32FN5O2/c1-3-23-20(26-14-21(2,28)15-27-8-10-29-11-9-27)24-7-6-16-13-25-19-5-4-17(22)12-18(16)19/h4-5,12-13,25,28H,3,6-11,14-15H2,1-2H3,(H2,23,24,26). The molecule has 1 unspecified atom stereocenters. The molecule has 1 aliphatic heterocycles. The van der Waals surface area contributed by atoms with Crippen LogP contribution in [-0.2, 0) is 11.2 Å². The van der Waals surface area contributed by atoms with Crippen molar-refractivity contribution in [2.24, 2.45) is 4.99 Å². The van der Waals surface area contributed by atoms with Gasteiger partial charge in [-0.15, -0.1) is 0 Å². The number of nitrogens with one attached hydrogen (secondary N) is 3. The van der Waals surface area contributed by atoms with Crippen LogP contribution in [0.1, 0.15) is 19.4 Å². The maximum absolute atomic E-state index is 13.5. The zero-order chi connectivity index (χ0) is 20.7. The van der Waals surface area contributed by atoms with Crippen molar-refractivity contribution in [3.63, 3.8) is 0 Å². The molecule has 29 heavy (non-hydrogen) atoms. The number of β-amino-alcohol motifs (C(OH)–C–C–N with tert-alkyl or cyclic N) is 1. The molecular weight excluding hydrogens is 373 g/mol. The number of ether oxygens (including phenoxy) is 1. The summed E-state index contributed by atoms with van der Waals surface area (Å²) in [6, 6.07) is 4.77. The summed E-state index contributed by atoms with van der Waals surface area (Å²) in [6.07, 6.45) is 2.65. The molecule has 4 N–H and O–H groups in total. The van der Waals surface area contributed by atoms with E-state index in [9.17, 15) is 9.50 Å². The van der Waals surface area contributed by atoms with Crippen LogP contribution in [0.4, 0.5) is 4.39 Å². The first-order valence-corrected chi connectivity index (χ1v) is 10.3. The lowest BCUT2D eigenvalue weighted by atomic mass is 10.1. The smallest absolute Gasteiger partial charge is 0.191 e. The maximum atomic E-state index is 13.5. The molecule has 1 saturated heterocycles. The number of aliphatic imine (C=N–C) groups is 1. The average molecular weight is 406 g/mol. The molecule has 0 spiro atoms. The first-order valence-electron chi connectivity index (χ1n) is 10.3. The van der Waals surface area contributed by atoms with E-state index >= 15 is 0 Å². The van der Waals surface area contributed by atoms with Crippen LogP contribution in [0.2, 0.25) is 0 Å². The van der Waals surface area contributed by atoms with Crippen molar-refractivity contribution in [3.8, 4) is 0 Å². The fourth-order valence-corrected chi connectivity index (χ4v) is 3.56. The molecule has 7 nitrogen and oxygen atoms in total. The van der Waals surface area contributed by atoms with Gasteiger partial charge < -0.3 is 25.5 Å². The van der Waals surface area contributed by atoms with Crippen LogP contribution in [-0.4, -0.2) is 79.0 Å². The van der Waals surface area contributed by atoms with Crippen LogP contribution in [0.15, 0.2) is 29.4 Å². The number of H-pyrrole nitrogens is 1. The van der Waals surface area contributed by atoms with E-state index in [1.54, 1.807) is 12.1 Å². The van der Waals surface area contributed by atoms with E-state index in [1.807, 2.05) is 20.0 Å². The molecule has 0 bridgehead atoms. The van der Waals surface area contributed by atoms with Crippen LogP contribution in [0.3, 0.4) is 0 Å². The van der Waals surface area contributed by atoms with Crippen LogP contribution in [0.25, 0.3) is 10.9 Å². The van der Waals surface area contributed by atoms with Gasteiger partial charge in [0.15, 0.2) is 5.96 Å². The number of aromatic nitrogens is 1. The van der Waals surface area contributed by atoms with E-state index in [1.165, 1.54) is 6.07 Å². The fraction of sp³-hybridized carbons (Fsp3) is 0.571. The van der Waals surface area contributed by atoms with Gasteiger partial charge in [0.2, 0.25) is 0 Å². The van der Waals surface area contributed by atoms with E-state index in [4.69, 9.17) is 4.74 Å². The monoisotopic (exact) mass is 405 g/mol. The van der Waals surface area contributed by atoms with Crippen molar-refractivity contribution >= 4 is 16.9 Å². The van der Waals surface area contributed by atoms with Gasteiger partial charge in [-0.2, -0.15) is 0 Å².